The largest absolute Gasteiger partial charge is 0.478 e. The zero-order valence-corrected chi connectivity index (χ0v) is 10.1. The Hall–Kier alpha value is -1.70. The van der Waals surface area contributed by atoms with Crippen LogP contribution in [0.4, 0.5) is 0 Å². The molecule has 4 N–H and O–H groups in total. The van der Waals surface area contributed by atoms with Crippen molar-refractivity contribution in [3.8, 4) is 0 Å². The Labute approximate surface area is 109 Å². The number of ether oxygens (including phenoxy) is 1. The van der Waals surface area contributed by atoms with Crippen LogP contribution in [0.15, 0.2) is 24.3 Å². The second kappa shape index (κ2) is 6.46. The van der Waals surface area contributed by atoms with Gasteiger partial charge in [-0.05, 0) is 12.5 Å². The first-order valence-corrected chi connectivity index (χ1v) is 5.66. The Morgan fingerprint density at radius 1 is 1.21 bits per heavy atom. The first-order valence-electron chi connectivity index (χ1n) is 5.66. The highest BCUT2D eigenvalue weighted by molar-refractivity contribution is 5.80. The summed E-state index contributed by atoms with van der Waals surface area (Å²) < 4.78 is 5.45. The molecule has 7 nitrogen and oxygen atoms in total. The molecule has 3 unspecified atom stereocenters. The first kappa shape index (κ1) is 15.4. The molecular weight excluding hydrogens is 256 g/mol. The van der Waals surface area contributed by atoms with Crippen LogP contribution in [0.5, 0.6) is 0 Å². The van der Waals surface area contributed by atoms with Gasteiger partial charge in [-0.15, -0.1) is 0 Å². The van der Waals surface area contributed by atoms with Crippen LogP contribution in [0, 0.1) is 5.92 Å². The van der Waals surface area contributed by atoms with E-state index in [1.54, 1.807) is 0 Å². The molecule has 0 aromatic heterocycles. The van der Waals surface area contributed by atoms with Crippen LogP contribution in [0.1, 0.15) is 6.42 Å². The average molecular weight is 272 g/mol. The highest BCUT2D eigenvalue weighted by Crippen LogP contribution is 2.38. The first-order chi connectivity index (χ1) is 8.93. The molecule has 1 heterocycles. The summed E-state index contributed by atoms with van der Waals surface area (Å²) in [5.74, 6) is -2.88. The number of hydrogen-bond acceptors (Lipinski definition) is 5. The van der Waals surface area contributed by atoms with E-state index in [9.17, 15) is 14.7 Å². The molecule has 3 atom stereocenters. The summed E-state index contributed by atoms with van der Waals surface area (Å²) in [5.41, 5.74) is -1.32. The topological polar surface area (TPSA) is 124 Å². The van der Waals surface area contributed by atoms with Crippen LogP contribution in [0.3, 0.4) is 0 Å². The molecule has 1 saturated heterocycles. The van der Waals surface area contributed by atoms with E-state index in [1.165, 1.54) is 12.2 Å². The highest BCUT2D eigenvalue weighted by Gasteiger charge is 2.45. The minimum Gasteiger partial charge on any atom is -0.478 e. The van der Waals surface area contributed by atoms with Crippen LogP contribution >= 0.6 is 0 Å². The maximum Gasteiger partial charge on any atom is 0.328 e. The fraction of sp³-hybridized carbons (Fsp3) is 0.500. The quantitative estimate of drug-likeness (QED) is 0.476. The molecule has 106 valence electrons. The van der Waals surface area contributed by atoms with Crippen molar-refractivity contribution in [2.75, 3.05) is 13.2 Å². The van der Waals surface area contributed by atoms with Gasteiger partial charge in [0.05, 0.1) is 19.3 Å². The number of carbonyl (C=O) groups is 2. The van der Waals surface area contributed by atoms with Crippen molar-refractivity contribution in [3.05, 3.63) is 24.3 Å². The van der Waals surface area contributed by atoms with Crippen molar-refractivity contribution in [3.63, 3.8) is 0 Å². The van der Waals surface area contributed by atoms with Crippen molar-refractivity contribution >= 4 is 11.9 Å². The molecule has 1 fully saturated rings. The second-order valence-electron chi connectivity index (χ2n) is 4.25. The lowest BCUT2D eigenvalue weighted by Gasteiger charge is -2.27. The van der Waals surface area contributed by atoms with Crippen LogP contribution in [0.25, 0.3) is 0 Å². The summed E-state index contributed by atoms with van der Waals surface area (Å²) in [6.45, 7) is -0.804. The van der Waals surface area contributed by atoms with Gasteiger partial charge in [-0.3, -0.25) is 0 Å². The molecule has 0 bridgehead atoms. The van der Waals surface area contributed by atoms with Crippen molar-refractivity contribution < 1.29 is 34.8 Å². The Morgan fingerprint density at radius 2 is 1.84 bits per heavy atom. The molecule has 0 amide bonds. The molecule has 1 rings (SSSR count). The van der Waals surface area contributed by atoms with E-state index in [0.717, 1.165) is 12.2 Å². The lowest BCUT2D eigenvalue weighted by Crippen LogP contribution is -2.37. The van der Waals surface area contributed by atoms with Crippen molar-refractivity contribution in [2.45, 2.75) is 18.1 Å². The van der Waals surface area contributed by atoms with Gasteiger partial charge < -0.3 is 25.2 Å². The predicted molar refractivity (Wildman–Crippen MR) is 63.4 cm³/mol. The van der Waals surface area contributed by atoms with Crippen LogP contribution in [-0.4, -0.2) is 57.3 Å². The summed E-state index contributed by atoms with van der Waals surface area (Å²) in [7, 11) is 0. The lowest BCUT2D eigenvalue weighted by molar-refractivity contribution is -0.132. The van der Waals surface area contributed by atoms with Gasteiger partial charge in [0.25, 0.3) is 0 Å². The average Bonchev–Trinajstić information content (AvgIpc) is 2.72. The minimum absolute atomic E-state index is 0.292. The van der Waals surface area contributed by atoms with Gasteiger partial charge in [-0.2, -0.15) is 0 Å². The van der Waals surface area contributed by atoms with E-state index >= 15 is 0 Å². The fourth-order valence-corrected chi connectivity index (χ4v) is 2.06. The van der Waals surface area contributed by atoms with Gasteiger partial charge in [0.15, 0.2) is 0 Å². The molecule has 0 saturated carbocycles. The van der Waals surface area contributed by atoms with Gasteiger partial charge in [-0.1, -0.05) is 6.08 Å². The van der Waals surface area contributed by atoms with Crippen LogP contribution in [-0.2, 0) is 14.3 Å². The highest BCUT2D eigenvalue weighted by atomic mass is 16.5. The van der Waals surface area contributed by atoms with E-state index in [-0.39, 0.29) is 6.61 Å². The smallest absolute Gasteiger partial charge is 0.328 e. The number of hydrogen-bond donors (Lipinski definition) is 4. The summed E-state index contributed by atoms with van der Waals surface area (Å²) in [6.07, 6.45) is 3.98. The zero-order valence-electron chi connectivity index (χ0n) is 10.1. The normalized spacial score (nSPS) is 31.3. The molecule has 0 aromatic carbocycles. The van der Waals surface area contributed by atoms with Gasteiger partial charge in [0.1, 0.15) is 5.60 Å². The number of aliphatic carboxylic acids is 2. The lowest BCUT2D eigenvalue weighted by atomic mass is 9.86. The van der Waals surface area contributed by atoms with Crippen molar-refractivity contribution in [1.82, 2.24) is 0 Å². The second-order valence-corrected chi connectivity index (χ2v) is 4.25. The third kappa shape index (κ3) is 3.88. The summed E-state index contributed by atoms with van der Waals surface area (Å²) in [4.78, 5) is 21.1. The molecule has 0 radical (unpaired) electrons. The molecule has 1 aliphatic heterocycles. The molecule has 0 aromatic rings. The number of rotatable bonds is 6. The maximum absolute atomic E-state index is 10.6. The minimum atomic E-state index is -1.32. The van der Waals surface area contributed by atoms with E-state index in [2.05, 4.69) is 0 Å². The third-order valence-electron chi connectivity index (χ3n) is 2.96. The van der Waals surface area contributed by atoms with E-state index in [4.69, 9.17) is 20.1 Å². The zero-order chi connectivity index (χ0) is 14.5. The standard InChI is InChI=1S/C12H16O7/c13-6-9-5-8(1-2-10(15)16)12(7-14,19-9)4-3-11(17)18/h1-4,8-9,13-14H,5-7H2,(H,15,16)(H,17,18). The molecule has 19 heavy (non-hydrogen) atoms. The summed E-state index contributed by atoms with van der Waals surface area (Å²) >= 11 is 0. The van der Waals surface area contributed by atoms with Gasteiger partial charge in [0, 0.05) is 18.1 Å². The van der Waals surface area contributed by atoms with Gasteiger partial charge in [-0.25, -0.2) is 9.59 Å². The Balaban J connectivity index is 3.01. The number of aliphatic hydroxyl groups excluding tert-OH is 2. The SMILES string of the molecule is O=C(O)C=CC1CC(CO)OC1(C=CC(=O)O)CO. The van der Waals surface area contributed by atoms with E-state index in [1.807, 2.05) is 0 Å². The van der Waals surface area contributed by atoms with Crippen molar-refractivity contribution in [2.24, 2.45) is 5.92 Å². The van der Waals surface area contributed by atoms with Crippen molar-refractivity contribution in [1.29, 1.82) is 0 Å². The van der Waals surface area contributed by atoms with Gasteiger partial charge >= 0.3 is 11.9 Å². The monoisotopic (exact) mass is 272 g/mol. The molecule has 0 aliphatic carbocycles. The van der Waals surface area contributed by atoms with E-state index < -0.39 is 36.2 Å². The molecule has 0 spiro atoms. The number of carboxylic acids is 2. The van der Waals surface area contributed by atoms with Gasteiger partial charge in [0.2, 0.25) is 0 Å². The Kier molecular flexibility index (Phi) is 5.22. The molecule has 7 heteroatoms. The molecule has 1 aliphatic rings. The van der Waals surface area contributed by atoms with E-state index in [0.29, 0.717) is 6.42 Å². The van der Waals surface area contributed by atoms with Crippen LogP contribution in [0.2, 0.25) is 0 Å². The Morgan fingerprint density at radius 3 is 2.32 bits per heavy atom. The Bertz CT molecular complexity index is 401. The predicted octanol–water partition coefficient (Wildman–Crippen LogP) is -0.603. The summed E-state index contributed by atoms with van der Waals surface area (Å²) in [5, 5.41) is 35.8. The fourth-order valence-electron chi connectivity index (χ4n) is 2.06. The summed E-state index contributed by atoms with van der Waals surface area (Å²) in [6, 6.07) is 0. The van der Waals surface area contributed by atoms with Crippen LogP contribution < -0.4 is 0 Å². The third-order valence-corrected chi connectivity index (χ3v) is 2.96. The maximum atomic E-state index is 10.6. The number of aliphatic hydroxyl groups is 2. The molecular formula is C12H16O7. The number of carboxylic acid groups (broad SMARTS) is 2.